The highest BCUT2D eigenvalue weighted by Crippen LogP contribution is 2.28. The first-order valence-electron chi connectivity index (χ1n) is 5.65. The molecule has 1 aromatic rings. The predicted molar refractivity (Wildman–Crippen MR) is 81.2 cm³/mol. The second-order valence-electron chi connectivity index (χ2n) is 4.12. The van der Waals surface area contributed by atoms with Crippen LogP contribution in [0.15, 0.2) is 15.9 Å². The second kappa shape index (κ2) is 6.90. The predicted octanol–water partition coefficient (Wildman–Crippen LogP) is 4.44. The van der Waals surface area contributed by atoms with Gasteiger partial charge in [-0.1, -0.05) is 29.8 Å². The maximum atomic E-state index is 12.0. The highest BCUT2D eigenvalue weighted by molar-refractivity contribution is 9.10. The van der Waals surface area contributed by atoms with Crippen molar-refractivity contribution in [3.8, 4) is 0 Å². The van der Waals surface area contributed by atoms with Gasteiger partial charge in [-0.3, -0.25) is 4.79 Å². The van der Waals surface area contributed by atoms with E-state index in [1.165, 1.54) is 11.3 Å². The summed E-state index contributed by atoms with van der Waals surface area (Å²) in [6.45, 7) is 5.05. The molecule has 2 nitrogen and oxygen atoms in total. The van der Waals surface area contributed by atoms with Crippen molar-refractivity contribution < 1.29 is 4.79 Å². The summed E-state index contributed by atoms with van der Waals surface area (Å²) in [5.41, 5.74) is 0.166. The minimum Gasteiger partial charge on any atom is -0.351 e. The first-order valence-corrected chi connectivity index (χ1v) is 8.45. The van der Waals surface area contributed by atoms with E-state index in [1.807, 2.05) is 11.4 Å². The lowest BCUT2D eigenvalue weighted by atomic mass is 9.84. The number of alkyl halides is 1. The van der Waals surface area contributed by atoms with Gasteiger partial charge in [-0.2, -0.15) is 0 Å². The van der Waals surface area contributed by atoms with E-state index in [9.17, 15) is 4.79 Å². The van der Waals surface area contributed by atoms with Crippen LogP contribution in [-0.4, -0.2) is 17.8 Å². The van der Waals surface area contributed by atoms with Crippen LogP contribution in [0, 0.1) is 5.41 Å². The summed E-state index contributed by atoms with van der Waals surface area (Å²) >= 11 is 8.39. The van der Waals surface area contributed by atoms with Crippen LogP contribution in [0.4, 0.5) is 0 Å². The quantitative estimate of drug-likeness (QED) is 0.724. The number of rotatable bonds is 6. The first kappa shape index (κ1) is 15.2. The van der Waals surface area contributed by atoms with Crippen LogP contribution in [0.3, 0.4) is 0 Å². The number of carbonyl (C=O) groups excluding carboxylic acids is 1. The van der Waals surface area contributed by atoms with Crippen LogP contribution < -0.4 is 5.32 Å². The number of halogens is 2. The van der Waals surface area contributed by atoms with E-state index in [-0.39, 0.29) is 11.3 Å². The van der Waals surface area contributed by atoms with E-state index in [0.717, 1.165) is 27.5 Å². The summed E-state index contributed by atoms with van der Waals surface area (Å²) in [6.07, 6.45) is 2.11. The molecule has 1 heterocycles. The van der Waals surface area contributed by atoms with Crippen molar-refractivity contribution in [1.82, 2.24) is 5.32 Å². The fraction of sp³-hybridized carbons (Fsp3) is 0.583. The average Bonchev–Trinajstić information content (AvgIpc) is 2.78. The Morgan fingerprint density at radius 2 is 2.12 bits per heavy atom. The summed E-state index contributed by atoms with van der Waals surface area (Å²) in [5.74, 6) is 0.0131. The fourth-order valence-electron chi connectivity index (χ4n) is 1.54. The highest BCUT2D eigenvalue weighted by Gasteiger charge is 2.26. The molecule has 0 spiro atoms. The molecule has 0 aliphatic rings. The summed E-state index contributed by atoms with van der Waals surface area (Å²) in [6, 6.07) is 1.90. The van der Waals surface area contributed by atoms with E-state index in [0.29, 0.717) is 6.54 Å². The lowest BCUT2D eigenvalue weighted by molar-refractivity contribution is 0.0936. The minimum absolute atomic E-state index is 0.0131. The van der Waals surface area contributed by atoms with Crippen LogP contribution in [0.25, 0.3) is 0 Å². The first-order chi connectivity index (χ1) is 8.08. The molecule has 17 heavy (non-hydrogen) atoms. The zero-order valence-electron chi connectivity index (χ0n) is 10.1. The Morgan fingerprint density at radius 3 is 2.53 bits per heavy atom. The van der Waals surface area contributed by atoms with Crippen molar-refractivity contribution in [2.75, 3.05) is 11.9 Å². The van der Waals surface area contributed by atoms with Gasteiger partial charge < -0.3 is 5.32 Å². The number of hydrogen-bond donors (Lipinski definition) is 1. The number of hydrogen-bond acceptors (Lipinski definition) is 2. The lowest BCUT2D eigenvalue weighted by Crippen LogP contribution is -2.38. The van der Waals surface area contributed by atoms with Gasteiger partial charge in [-0.05, 0) is 45.6 Å². The maximum absolute atomic E-state index is 12.0. The topological polar surface area (TPSA) is 29.1 Å². The summed E-state index contributed by atoms with van der Waals surface area (Å²) in [4.78, 5) is 12.7. The number of carbonyl (C=O) groups is 1. The molecule has 0 bridgehead atoms. The monoisotopic (exact) mass is 381 g/mol. The molecule has 96 valence electrons. The molecule has 1 aromatic heterocycles. The highest BCUT2D eigenvalue weighted by atomic mass is 79.9. The van der Waals surface area contributed by atoms with Crippen molar-refractivity contribution in [3.05, 3.63) is 20.8 Å². The smallest absolute Gasteiger partial charge is 0.262 e. The Labute approximate surface area is 123 Å². The van der Waals surface area contributed by atoms with E-state index >= 15 is 0 Å². The van der Waals surface area contributed by atoms with Gasteiger partial charge in [0.05, 0.1) is 0 Å². The van der Waals surface area contributed by atoms with Crippen molar-refractivity contribution in [2.45, 2.75) is 26.7 Å². The fourth-order valence-corrected chi connectivity index (χ4v) is 4.00. The number of amides is 1. The molecule has 0 aromatic carbocycles. The van der Waals surface area contributed by atoms with Gasteiger partial charge >= 0.3 is 0 Å². The van der Waals surface area contributed by atoms with Gasteiger partial charge in [0.15, 0.2) is 0 Å². The van der Waals surface area contributed by atoms with Crippen LogP contribution in [-0.2, 0) is 0 Å². The third-order valence-electron chi connectivity index (χ3n) is 3.23. The molecule has 1 N–H and O–H groups in total. The van der Waals surface area contributed by atoms with Crippen molar-refractivity contribution >= 4 is 49.1 Å². The van der Waals surface area contributed by atoms with Crippen LogP contribution >= 0.6 is 43.2 Å². The summed E-state index contributed by atoms with van der Waals surface area (Å²) in [5, 5.41) is 5.86. The van der Waals surface area contributed by atoms with Crippen LogP contribution in [0.2, 0.25) is 0 Å². The molecule has 0 unspecified atom stereocenters. The van der Waals surface area contributed by atoms with Crippen molar-refractivity contribution in [2.24, 2.45) is 5.41 Å². The molecule has 0 fully saturated rings. The molecule has 1 amide bonds. The summed E-state index contributed by atoms with van der Waals surface area (Å²) in [7, 11) is 0. The lowest BCUT2D eigenvalue weighted by Gasteiger charge is -2.29. The van der Waals surface area contributed by atoms with E-state index in [2.05, 4.69) is 51.0 Å². The van der Waals surface area contributed by atoms with E-state index in [1.54, 1.807) is 0 Å². The zero-order valence-corrected chi connectivity index (χ0v) is 14.0. The summed E-state index contributed by atoms with van der Waals surface area (Å²) < 4.78 is 0.873. The molecule has 0 aliphatic heterocycles. The minimum atomic E-state index is 0.0131. The van der Waals surface area contributed by atoms with Crippen LogP contribution in [0.5, 0.6) is 0 Å². The largest absolute Gasteiger partial charge is 0.351 e. The molecule has 0 radical (unpaired) electrons. The van der Waals surface area contributed by atoms with Gasteiger partial charge in [-0.15, -0.1) is 11.3 Å². The normalized spacial score (nSPS) is 11.5. The molecule has 5 heteroatoms. The molecular weight excluding hydrogens is 366 g/mol. The molecule has 1 rings (SSSR count). The Balaban J connectivity index is 2.62. The second-order valence-corrected chi connectivity index (χ2v) is 6.45. The number of thiophene rings is 1. The molecule has 0 atom stereocenters. The Morgan fingerprint density at radius 1 is 1.47 bits per heavy atom. The van der Waals surface area contributed by atoms with Gasteiger partial charge in [0, 0.05) is 16.3 Å². The van der Waals surface area contributed by atoms with E-state index in [4.69, 9.17) is 0 Å². The van der Waals surface area contributed by atoms with Crippen molar-refractivity contribution in [1.29, 1.82) is 0 Å². The SMILES string of the molecule is CCC(CC)(CBr)CNC(=O)c1sccc1Br. The number of nitrogens with one attached hydrogen (secondary N) is 1. The zero-order chi connectivity index (χ0) is 12.9. The average molecular weight is 383 g/mol. The maximum Gasteiger partial charge on any atom is 0.262 e. The van der Waals surface area contributed by atoms with Gasteiger partial charge in [-0.25, -0.2) is 0 Å². The van der Waals surface area contributed by atoms with Gasteiger partial charge in [0.25, 0.3) is 5.91 Å². The van der Waals surface area contributed by atoms with Gasteiger partial charge in [0.2, 0.25) is 0 Å². The third kappa shape index (κ3) is 3.80. The van der Waals surface area contributed by atoms with E-state index < -0.39 is 0 Å². The standard InChI is InChI=1S/C12H17Br2NOS/c1-3-12(4-2,7-13)8-15-11(16)10-9(14)5-6-17-10/h5-6H,3-4,7-8H2,1-2H3,(H,15,16). The molecular formula is C12H17Br2NOS. The molecule has 0 saturated heterocycles. The van der Waals surface area contributed by atoms with Crippen LogP contribution in [0.1, 0.15) is 36.4 Å². The Hall–Kier alpha value is 0.130. The molecule has 0 aliphatic carbocycles. The third-order valence-corrected chi connectivity index (χ3v) is 6.26. The van der Waals surface area contributed by atoms with Crippen molar-refractivity contribution in [3.63, 3.8) is 0 Å². The van der Waals surface area contributed by atoms with Gasteiger partial charge in [0.1, 0.15) is 4.88 Å². The Kier molecular flexibility index (Phi) is 6.17. The Bertz CT molecular complexity index is 366. The molecule has 0 saturated carbocycles.